The van der Waals surface area contributed by atoms with Crippen LogP contribution in [0.1, 0.15) is 39.5 Å². The SMILES string of the molecule is CCC1(CC)CCCN(C(=O)O)N1C(=O)O. The van der Waals surface area contributed by atoms with Gasteiger partial charge < -0.3 is 10.2 Å². The van der Waals surface area contributed by atoms with E-state index < -0.39 is 17.7 Å². The summed E-state index contributed by atoms with van der Waals surface area (Å²) in [6.07, 6.45) is 0.284. The smallest absolute Gasteiger partial charge is 0.427 e. The Morgan fingerprint density at radius 2 is 1.75 bits per heavy atom. The van der Waals surface area contributed by atoms with Crippen LogP contribution in [-0.2, 0) is 0 Å². The van der Waals surface area contributed by atoms with Crippen LogP contribution in [0.5, 0.6) is 0 Å². The number of carbonyl (C=O) groups is 2. The van der Waals surface area contributed by atoms with Crippen molar-refractivity contribution in [3.05, 3.63) is 0 Å². The summed E-state index contributed by atoms with van der Waals surface area (Å²) in [5.41, 5.74) is -0.567. The molecule has 2 N–H and O–H groups in total. The largest absolute Gasteiger partial charge is 0.464 e. The first-order chi connectivity index (χ1) is 7.48. The molecule has 1 fully saturated rings. The summed E-state index contributed by atoms with van der Waals surface area (Å²) in [5, 5.41) is 20.1. The number of amides is 2. The molecule has 0 aromatic rings. The van der Waals surface area contributed by atoms with E-state index in [1.54, 1.807) is 0 Å². The summed E-state index contributed by atoms with van der Waals surface area (Å²) in [6.45, 7) is 4.04. The lowest BCUT2D eigenvalue weighted by molar-refractivity contribution is -0.0998. The van der Waals surface area contributed by atoms with Crippen molar-refractivity contribution >= 4 is 12.2 Å². The van der Waals surface area contributed by atoms with Crippen LogP contribution >= 0.6 is 0 Å². The van der Waals surface area contributed by atoms with E-state index in [0.29, 0.717) is 19.3 Å². The molecule has 1 heterocycles. The molecule has 0 radical (unpaired) electrons. The Kier molecular flexibility index (Phi) is 3.62. The van der Waals surface area contributed by atoms with Gasteiger partial charge in [-0.05, 0) is 25.7 Å². The van der Waals surface area contributed by atoms with Gasteiger partial charge in [0, 0.05) is 6.54 Å². The number of nitrogens with zero attached hydrogens (tertiary/aromatic N) is 2. The minimum atomic E-state index is -1.20. The summed E-state index contributed by atoms with van der Waals surface area (Å²) in [6, 6.07) is 0. The molecule has 0 atom stereocenters. The van der Waals surface area contributed by atoms with Crippen LogP contribution in [0.3, 0.4) is 0 Å². The van der Waals surface area contributed by atoms with Crippen LogP contribution in [-0.4, -0.2) is 44.5 Å². The highest BCUT2D eigenvalue weighted by Gasteiger charge is 2.45. The fraction of sp³-hybridized carbons (Fsp3) is 0.800. The van der Waals surface area contributed by atoms with Gasteiger partial charge in [-0.15, -0.1) is 0 Å². The summed E-state index contributed by atoms with van der Waals surface area (Å²) in [5.74, 6) is 0. The van der Waals surface area contributed by atoms with E-state index in [1.165, 1.54) is 0 Å². The molecule has 1 rings (SSSR count). The van der Waals surface area contributed by atoms with Crippen molar-refractivity contribution in [3.63, 3.8) is 0 Å². The Morgan fingerprint density at radius 3 is 2.12 bits per heavy atom. The lowest BCUT2D eigenvalue weighted by atomic mass is 9.85. The zero-order chi connectivity index (χ0) is 12.3. The van der Waals surface area contributed by atoms with E-state index in [4.69, 9.17) is 5.11 Å². The predicted octanol–water partition coefficient (Wildman–Crippen LogP) is 2.21. The van der Waals surface area contributed by atoms with Crippen molar-refractivity contribution in [3.8, 4) is 0 Å². The Bertz CT molecular complexity index is 289. The molecule has 16 heavy (non-hydrogen) atoms. The quantitative estimate of drug-likeness (QED) is 0.762. The molecule has 1 saturated heterocycles. The van der Waals surface area contributed by atoms with Gasteiger partial charge in [-0.2, -0.15) is 0 Å². The van der Waals surface area contributed by atoms with Crippen LogP contribution in [0.2, 0.25) is 0 Å². The zero-order valence-electron chi connectivity index (χ0n) is 9.64. The number of hydrogen-bond donors (Lipinski definition) is 2. The maximum absolute atomic E-state index is 11.2. The van der Waals surface area contributed by atoms with Crippen LogP contribution in [0.25, 0.3) is 0 Å². The van der Waals surface area contributed by atoms with Crippen molar-refractivity contribution in [2.24, 2.45) is 0 Å². The monoisotopic (exact) mass is 230 g/mol. The standard InChI is InChI=1S/C10H18N2O4/c1-3-10(4-2)6-5-7-11(8(13)14)12(10)9(15)16/h3-7H2,1-2H3,(H,13,14)(H,15,16). The van der Waals surface area contributed by atoms with Crippen molar-refractivity contribution < 1.29 is 19.8 Å². The molecule has 0 aliphatic carbocycles. The van der Waals surface area contributed by atoms with Gasteiger partial charge in [-0.3, -0.25) is 0 Å². The summed E-state index contributed by atoms with van der Waals surface area (Å²) in [7, 11) is 0. The van der Waals surface area contributed by atoms with Gasteiger partial charge >= 0.3 is 12.2 Å². The van der Waals surface area contributed by atoms with Gasteiger partial charge in [0.15, 0.2) is 0 Å². The third-order valence-electron chi connectivity index (χ3n) is 3.42. The fourth-order valence-electron chi connectivity index (χ4n) is 2.41. The van der Waals surface area contributed by atoms with E-state index in [-0.39, 0.29) is 6.54 Å². The molecule has 0 aromatic heterocycles. The molecule has 0 saturated carbocycles. The molecule has 2 amide bonds. The molecule has 6 nitrogen and oxygen atoms in total. The Balaban J connectivity index is 3.08. The minimum Gasteiger partial charge on any atom is -0.464 e. The molecule has 0 unspecified atom stereocenters. The van der Waals surface area contributed by atoms with Gasteiger partial charge in [0.05, 0.1) is 5.54 Å². The number of hydrogen-bond acceptors (Lipinski definition) is 2. The van der Waals surface area contributed by atoms with E-state index in [0.717, 1.165) is 16.4 Å². The molecule has 0 aromatic carbocycles. The highest BCUT2D eigenvalue weighted by Crippen LogP contribution is 2.34. The van der Waals surface area contributed by atoms with Crippen LogP contribution in [0.15, 0.2) is 0 Å². The summed E-state index contributed by atoms with van der Waals surface area (Å²) >= 11 is 0. The van der Waals surface area contributed by atoms with Crippen molar-refractivity contribution in [1.29, 1.82) is 0 Å². The first-order valence-corrected chi connectivity index (χ1v) is 5.52. The fourth-order valence-corrected chi connectivity index (χ4v) is 2.41. The highest BCUT2D eigenvalue weighted by molar-refractivity contribution is 5.72. The molecule has 92 valence electrons. The second-order valence-corrected chi connectivity index (χ2v) is 4.04. The average Bonchev–Trinajstić information content (AvgIpc) is 2.27. The lowest BCUT2D eigenvalue weighted by Crippen LogP contribution is -2.63. The van der Waals surface area contributed by atoms with Crippen molar-refractivity contribution in [2.45, 2.75) is 45.1 Å². The van der Waals surface area contributed by atoms with Crippen molar-refractivity contribution in [2.75, 3.05) is 6.54 Å². The Hall–Kier alpha value is -1.46. The van der Waals surface area contributed by atoms with Crippen LogP contribution in [0.4, 0.5) is 9.59 Å². The molecular formula is C10H18N2O4. The average molecular weight is 230 g/mol. The Labute approximate surface area is 94.4 Å². The van der Waals surface area contributed by atoms with E-state index in [2.05, 4.69) is 0 Å². The van der Waals surface area contributed by atoms with E-state index in [9.17, 15) is 14.7 Å². The normalized spacial score (nSPS) is 19.6. The maximum Gasteiger partial charge on any atom is 0.427 e. The van der Waals surface area contributed by atoms with E-state index >= 15 is 0 Å². The zero-order valence-corrected chi connectivity index (χ0v) is 9.64. The van der Waals surface area contributed by atoms with E-state index in [1.807, 2.05) is 13.8 Å². The van der Waals surface area contributed by atoms with Gasteiger partial charge in [0.25, 0.3) is 0 Å². The lowest BCUT2D eigenvalue weighted by Gasteiger charge is -2.49. The predicted molar refractivity (Wildman–Crippen MR) is 57.1 cm³/mol. The van der Waals surface area contributed by atoms with Crippen molar-refractivity contribution in [1.82, 2.24) is 10.0 Å². The molecule has 1 aliphatic heterocycles. The molecule has 0 spiro atoms. The maximum atomic E-state index is 11.2. The van der Waals surface area contributed by atoms with Gasteiger partial charge in [0.1, 0.15) is 0 Å². The summed E-state index contributed by atoms with van der Waals surface area (Å²) < 4.78 is 0. The topological polar surface area (TPSA) is 81.1 Å². The number of carboxylic acid groups (broad SMARTS) is 2. The molecule has 6 heteroatoms. The number of rotatable bonds is 2. The second kappa shape index (κ2) is 4.59. The van der Waals surface area contributed by atoms with Crippen LogP contribution < -0.4 is 0 Å². The van der Waals surface area contributed by atoms with Crippen LogP contribution in [0, 0.1) is 0 Å². The molecular weight excluding hydrogens is 212 g/mol. The highest BCUT2D eigenvalue weighted by atomic mass is 16.4. The first kappa shape index (κ1) is 12.6. The first-order valence-electron chi connectivity index (χ1n) is 5.52. The number of hydrazine groups is 1. The Morgan fingerprint density at radius 1 is 1.19 bits per heavy atom. The third kappa shape index (κ3) is 1.91. The third-order valence-corrected chi connectivity index (χ3v) is 3.42. The van der Waals surface area contributed by atoms with Gasteiger partial charge in [-0.25, -0.2) is 19.6 Å². The molecule has 0 bridgehead atoms. The minimum absolute atomic E-state index is 0.253. The van der Waals surface area contributed by atoms with Gasteiger partial charge in [0.2, 0.25) is 0 Å². The molecule has 1 aliphatic rings. The second-order valence-electron chi connectivity index (χ2n) is 4.04. The summed E-state index contributed by atoms with van der Waals surface area (Å²) in [4.78, 5) is 22.2. The van der Waals surface area contributed by atoms with Gasteiger partial charge in [-0.1, -0.05) is 13.8 Å².